The highest BCUT2D eigenvalue weighted by atomic mass is 79.9. The molecule has 2 rings (SSSR count). The fourth-order valence-corrected chi connectivity index (χ4v) is 4.74. The van der Waals surface area contributed by atoms with E-state index in [0.29, 0.717) is 20.7 Å². The van der Waals surface area contributed by atoms with Crippen molar-refractivity contribution < 1.29 is 38.1 Å². The van der Waals surface area contributed by atoms with Crippen LogP contribution in [0.15, 0.2) is 28.7 Å². The zero-order valence-corrected chi connectivity index (χ0v) is 22.3. The summed E-state index contributed by atoms with van der Waals surface area (Å²) in [4.78, 5) is 37.1. The molecule has 1 aromatic carbocycles. The molecule has 0 N–H and O–H groups in total. The van der Waals surface area contributed by atoms with Crippen LogP contribution in [-0.2, 0) is 23.8 Å². The van der Waals surface area contributed by atoms with Gasteiger partial charge in [-0.05, 0) is 73.5 Å². The molecule has 0 unspecified atom stereocenters. The summed E-state index contributed by atoms with van der Waals surface area (Å²) in [5, 5.41) is 0. The zero-order valence-electron chi connectivity index (χ0n) is 19.9. The van der Waals surface area contributed by atoms with Gasteiger partial charge in [0.1, 0.15) is 11.4 Å². The Labute approximate surface area is 210 Å². The number of carbonyl (C=O) groups excluding carboxylic acids is 3. The van der Waals surface area contributed by atoms with Crippen LogP contribution in [0.1, 0.15) is 42.9 Å². The lowest BCUT2D eigenvalue weighted by Gasteiger charge is -2.18. The van der Waals surface area contributed by atoms with E-state index in [1.807, 2.05) is 0 Å². The normalized spacial score (nSPS) is 11.3. The third-order valence-electron chi connectivity index (χ3n) is 4.12. The third-order valence-corrected chi connectivity index (χ3v) is 6.34. The minimum absolute atomic E-state index is 0.182. The van der Waals surface area contributed by atoms with Crippen LogP contribution >= 0.6 is 27.3 Å². The van der Waals surface area contributed by atoms with Crippen LogP contribution in [0.5, 0.6) is 11.5 Å². The van der Waals surface area contributed by atoms with Crippen LogP contribution < -0.4 is 9.47 Å². The van der Waals surface area contributed by atoms with Crippen molar-refractivity contribution in [3.05, 3.63) is 39.2 Å². The molecule has 2 aromatic rings. The van der Waals surface area contributed by atoms with Crippen LogP contribution in [0.4, 0.5) is 0 Å². The molecule has 10 heteroatoms. The molecule has 1 heterocycles. The standard InChI is InChI=1S/C24H27BrO8S/c1-7-31-18(27)13-32-20-19(25)21(34-22(20)23(28)30-6)15-8-10-16(29-5)14(12-15)9-11-17(26)33-24(2,3)4/h8-12H,7,13H2,1-6H3/b11-9+. The summed E-state index contributed by atoms with van der Waals surface area (Å²) in [5.74, 6) is -0.920. The third kappa shape index (κ3) is 7.33. The molecule has 0 fully saturated rings. The second-order valence-corrected chi connectivity index (χ2v) is 9.63. The van der Waals surface area contributed by atoms with Crippen molar-refractivity contribution in [2.45, 2.75) is 33.3 Å². The van der Waals surface area contributed by atoms with Gasteiger partial charge in [0.2, 0.25) is 0 Å². The molecule has 0 saturated heterocycles. The van der Waals surface area contributed by atoms with Crippen molar-refractivity contribution >= 4 is 51.3 Å². The van der Waals surface area contributed by atoms with Crippen LogP contribution in [-0.4, -0.2) is 50.9 Å². The molecule has 1 aromatic heterocycles. The molecule has 0 amide bonds. The van der Waals surface area contributed by atoms with E-state index in [-0.39, 0.29) is 23.8 Å². The van der Waals surface area contributed by atoms with E-state index in [0.717, 1.165) is 16.9 Å². The summed E-state index contributed by atoms with van der Waals surface area (Å²) in [5.41, 5.74) is 0.733. The summed E-state index contributed by atoms with van der Waals surface area (Å²) in [6, 6.07) is 5.34. The molecule has 34 heavy (non-hydrogen) atoms. The molecule has 0 aliphatic carbocycles. The second kappa shape index (κ2) is 12.0. The van der Waals surface area contributed by atoms with E-state index >= 15 is 0 Å². The lowest BCUT2D eigenvalue weighted by atomic mass is 10.1. The quantitative estimate of drug-likeness (QED) is 0.235. The number of carbonyl (C=O) groups is 3. The predicted molar refractivity (Wildman–Crippen MR) is 132 cm³/mol. The summed E-state index contributed by atoms with van der Waals surface area (Å²) in [6.07, 6.45) is 2.92. The SMILES string of the molecule is CCOC(=O)COc1c(C(=O)OC)sc(-c2ccc(OC)c(/C=C/C(=O)OC(C)(C)C)c2)c1Br. The Morgan fingerprint density at radius 3 is 2.44 bits per heavy atom. The number of hydrogen-bond acceptors (Lipinski definition) is 9. The number of halogens is 1. The van der Waals surface area contributed by atoms with Crippen LogP contribution in [0, 0.1) is 0 Å². The van der Waals surface area contributed by atoms with E-state index in [2.05, 4.69) is 15.9 Å². The molecule has 0 aliphatic heterocycles. The number of benzene rings is 1. The van der Waals surface area contributed by atoms with Gasteiger partial charge in [-0.3, -0.25) is 0 Å². The van der Waals surface area contributed by atoms with Gasteiger partial charge in [-0.15, -0.1) is 11.3 Å². The van der Waals surface area contributed by atoms with Gasteiger partial charge in [0.15, 0.2) is 17.2 Å². The first-order valence-electron chi connectivity index (χ1n) is 10.3. The summed E-state index contributed by atoms with van der Waals surface area (Å²) < 4.78 is 26.6. The smallest absolute Gasteiger partial charge is 0.351 e. The van der Waals surface area contributed by atoms with E-state index in [4.69, 9.17) is 23.7 Å². The summed E-state index contributed by atoms with van der Waals surface area (Å²) >= 11 is 4.62. The molecule has 0 spiro atoms. The second-order valence-electron chi connectivity index (χ2n) is 7.81. The van der Waals surface area contributed by atoms with Crippen molar-refractivity contribution in [1.82, 2.24) is 0 Å². The van der Waals surface area contributed by atoms with Gasteiger partial charge in [-0.1, -0.05) is 0 Å². The van der Waals surface area contributed by atoms with Crippen molar-refractivity contribution in [2.75, 3.05) is 27.4 Å². The first kappa shape index (κ1) is 27.4. The number of hydrogen-bond donors (Lipinski definition) is 0. The Morgan fingerprint density at radius 2 is 1.85 bits per heavy atom. The maximum absolute atomic E-state index is 12.3. The fourth-order valence-electron chi connectivity index (χ4n) is 2.77. The molecule has 0 radical (unpaired) electrons. The Kier molecular flexibility index (Phi) is 9.69. The maximum atomic E-state index is 12.3. The van der Waals surface area contributed by atoms with Crippen molar-refractivity contribution in [3.8, 4) is 21.9 Å². The van der Waals surface area contributed by atoms with Crippen LogP contribution in [0.25, 0.3) is 16.5 Å². The Balaban J connectivity index is 2.46. The van der Waals surface area contributed by atoms with Crippen LogP contribution in [0.3, 0.4) is 0 Å². The van der Waals surface area contributed by atoms with Gasteiger partial charge in [0.05, 0.1) is 30.2 Å². The number of methoxy groups -OCH3 is 2. The van der Waals surface area contributed by atoms with Gasteiger partial charge in [0, 0.05) is 11.6 Å². The van der Waals surface area contributed by atoms with Crippen molar-refractivity contribution in [1.29, 1.82) is 0 Å². The average Bonchev–Trinajstić information content (AvgIpc) is 3.10. The topological polar surface area (TPSA) is 97.4 Å². The number of thiophene rings is 1. The van der Waals surface area contributed by atoms with E-state index in [9.17, 15) is 14.4 Å². The predicted octanol–water partition coefficient (Wildman–Crippen LogP) is 5.27. The highest BCUT2D eigenvalue weighted by Gasteiger charge is 2.26. The van der Waals surface area contributed by atoms with Gasteiger partial charge in [-0.2, -0.15) is 0 Å². The molecule has 0 saturated carbocycles. The molecule has 8 nitrogen and oxygen atoms in total. The van der Waals surface area contributed by atoms with E-state index in [1.54, 1.807) is 52.0 Å². The van der Waals surface area contributed by atoms with E-state index in [1.165, 1.54) is 20.3 Å². The Morgan fingerprint density at radius 1 is 1.15 bits per heavy atom. The first-order chi connectivity index (χ1) is 16.0. The largest absolute Gasteiger partial charge is 0.496 e. The number of ether oxygens (including phenoxy) is 5. The maximum Gasteiger partial charge on any atom is 0.351 e. The molecule has 0 atom stereocenters. The molecular weight excluding hydrogens is 528 g/mol. The Hall–Kier alpha value is -2.85. The van der Waals surface area contributed by atoms with Crippen molar-refractivity contribution in [3.63, 3.8) is 0 Å². The van der Waals surface area contributed by atoms with Gasteiger partial charge in [-0.25, -0.2) is 14.4 Å². The summed E-state index contributed by atoms with van der Waals surface area (Å²) in [6.45, 7) is 6.90. The molecule has 0 aliphatic rings. The zero-order chi connectivity index (χ0) is 25.5. The Bertz CT molecular complexity index is 1080. The summed E-state index contributed by atoms with van der Waals surface area (Å²) in [7, 11) is 2.79. The molecule has 0 bridgehead atoms. The highest BCUT2D eigenvalue weighted by Crippen LogP contribution is 2.46. The highest BCUT2D eigenvalue weighted by molar-refractivity contribution is 9.10. The fraction of sp³-hybridized carbons (Fsp3) is 0.375. The average molecular weight is 555 g/mol. The van der Waals surface area contributed by atoms with Crippen LogP contribution in [0.2, 0.25) is 0 Å². The van der Waals surface area contributed by atoms with Gasteiger partial charge >= 0.3 is 17.9 Å². The first-order valence-corrected chi connectivity index (χ1v) is 11.9. The molecule has 184 valence electrons. The van der Waals surface area contributed by atoms with Gasteiger partial charge in [0.25, 0.3) is 0 Å². The van der Waals surface area contributed by atoms with E-state index < -0.39 is 23.5 Å². The minimum Gasteiger partial charge on any atom is -0.496 e. The lowest BCUT2D eigenvalue weighted by molar-refractivity contribution is -0.148. The lowest BCUT2D eigenvalue weighted by Crippen LogP contribution is -2.22. The van der Waals surface area contributed by atoms with Crippen molar-refractivity contribution in [2.24, 2.45) is 0 Å². The number of rotatable bonds is 9. The molecular formula is C24H27BrO8S. The van der Waals surface area contributed by atoms with Gasteiger partial charge < -0.3 is 23.7 Å². The minimum atomic E-state index is -0.612. The number of esters is 3. The monoisotopic (exact) mass is 554 g/mol.